The molecule has 176 valence electrons. The van der Waals surface area contributed by atoms with Crippen molar-refractivity contribution in [2.45, 2.75) is 111 Å². The van der Waals surface area contributed by atoms with E-state index in [0.717, 1.165) is 25.2 Å². The van der Waals surface area contributed by atoms with Gasteiger partial charge >= 0.3 is 0 Å². The molecule has 3 nitrogen and oxygen atoms in total. The Balaban J connectivity index is 1.54. The number of ketones is 1. The van der Waals surface area contributed by atoms with E-state index in [4.69, 9.17) is 0 Å². The predicted molar refractivity (Wildman–Crippen MR) is 125 cm³/mol. The van der Waals surface area contributed by atoms with Gasteiger partial charge in [0.25, 0.3) is 0 Å². The maximum Gasteiger partial charge on any atom is 0.135 e. The molecule has 0 aromatic heterocycles. The molecule has 0 aromatic carbocycles. The van der Waals surface area contributed by atoms with E-state index in [1.807, 2.05) is 0 Å². The Morgan fingerprint density at radius 2 is 1.84 bits per heavy atom. The monoisotopic (exact) mass is 430 g/mol. The minimum Gasteiger partial charge on any atom is -0.390 e. The topological polar surface area (TPSA) is 57.5 Å². The standard InChI is InChI=1S/C28H46O3/c1-17(2)18(3)7-8-19(4)22-9-10-23-21-15-25(30)28(31)16-20(29)11-14-27(28,6)24(21)12-13-26(22,23)5/h17,19,21-25,30-31H,3,7-16H2,1-2,4-6H3/t19-,21+,22-,23+,24+,25-,26-,27-,28+/m1/s1. The van der Waals surface area contributed by atoms with Crippen molar-refractivity contribution in [3.05, 3.63) is 12.2 Å². The molecule has 4 fully saturated rings. The van der Waals surface area contributed by atoms with E-state index in [-0.39, 0.29) is 17.6 Å². The molecule has 4 aliphatic carbocycles. The molecule has 0 radical (unpaired) electrons. The average molecular weight is 431 g/mol. The second kappa shape index (κ2) is 7.97. The lowest BCUT2D eigenvalue weighted by molar-refractivity contribution is -0.248. The zero-order chi connectivity index (χ0) is 22.8. The minimum atomic E-state index is -1.22. The fourth-order valence-electron chi connectivity index (χ4n) is 8.95. The van der Waals surface area contributed by atoms with Crippen LogP contribution in [0, 0.1) is 46.3 Å². The average Bonchev–Trinajstić information content (AvgIpc) is 3.05. The largest absolute Gasteiger partial charge is 0.390 e. The summed E-state index contributed by atoms with van der Waals surface area (Å²) in [5, 5.41) is 22.7. The summed E-state index contributed by atoms with van der Waals surface area (Å²) in [5.41, 5.74) is 0.170. The van der Waals surface area contributed by atoms with Crippen molar-refractivity contribution in [2.75, 3.05) is 0 Å². The molecule has 4 rings (SSSR count). The Bertz CT molecular complexity index is 728. The van der Waals surface area contributed by atoms with Gasteiger partial charge in [0.05, 0.1) is 6.10 Å². The van der Waals surface area contributed by atoms with E-state index < -0.39 is 11.7 Å². The van der Waals surface area contributed by atoms with Gasteiger partial charge in [-0.25, -0.2) is 0 Å². The SMILES string of the molecule is C=C(CC[C@@H](C)[C@H]1CC[C@H]2[C@@H]3C[C@@H](O)[C@@]4(O)CC(=O)CC[C@]4(C)[C@H]3CC[C@]12C)C(C)C. The summed E-state index contributed by atoms with van der Waals surface area (Å²) in [6, 6.07) is 0. The summed E-state index contributed by atoms with van der Waals surface area (Å²) in [7, 11) is 0. The van der Waals surface area contributed by atoms with Crippen molar-refractivity contribution >= 4 is 5.78 Å². The molecule has 0 saturated heterocycles. The van der Waals surface area contributed by atoms with E-state index in [1.165, 1.54) is 31.3 Å². The van der Waals surface area contributed by atoms with E-state index in [1.54, 1.807) is 0 Å². The summed E-state index contributed by atoms with van der Waals surface area (Å²) < 4.78 is 0. The number of aliphatic hydroxyl groups is 2. The van der Waals surface area contributed by atoms with Gasteiger partial charge in [-0.2, -0.15) is 0 Å². The molecule has 31 heavy (non-hydrogen) atoms. The van der Waals surface area contributed by atoms with Crippen molar-refractivity contribution in [3.8, 4) is 0 Å². The number of hydrogen-bond donors (Lipinski definition) is 2. The first-order valence-electron chi connectivity index (χ1n) is 13.0. The van der Waals surface area contributed by atoms with Gasteiger partial charge in [0.2, 0.25) is 0 Å². The Labute approximate surface area is 190 Å². The van der Waals surface area contributed by atoms with Gasteiger partial charge in [-0.1, -0.05) is 46.8 Å². The maximum absolute atomic E-state index is 12.2. The number of fused-ring (bicyclic) bond motifs is 5. The lowest BCUT2D eigenvalue weighted by atomic mass is 9.42. The van der Waals surface area contributed by atoms with Crippen molar-refractivity contribution in [3.63, 3.8) is 0 Å². The number of carbonyl (C=O) groups is 1. The van der Waals surface area contributed by atoms with Gasteiger partial charge in [0.1, 0.15) is 11.4 Å². The Morgan fingerprint density at radius 1 is 1.13 bits per heavy atom. The van der Waals surface area contributed by atoms with Crippen LogP contribution in [0.1, 0.15) is 98.8 Å². The number of carbonyl (C=O) groups excluding carboxylic acids is 1. The molecule has 0 spiro atoms. The summed E-state index contributed by atoms with van der Waals surface area (Å²) in [6.07, 6.45) is 8.67. The van der Waals surface area contributed by atoms with Gasteiger partial charge in [0.15, 0.2) is 0 Å². The summed E-state index contributed by atoms with van der Waals surface area (Å²) in [4.78, 5) is 12.2. The van der Waals surface area contributed by atoms with Crippen molar-refractivity contribution < 1.29 is 15.0 Å². The number of aliphatic hydroxyl groups excluding tert-OH is 1. The molecule has 0 aliphatic heterocycles. The van der Waals surface area contributed by atoms with Crippen LogP contribution in [0.25, 0.3) is 0 Å². The highest BCUT2D eigenvalue weighted by Gasteiger charge is 2.67. The van der Waals surface area contributed by atoms with Crippen molar-refractivity contribution in [1.29, 1.82) is 0 Å². The lowest BCUT2D eigenvalue weighted by Gasteiger charge is -2.64. The van der Waals surface area contributed by atoms with E-state index in [0.29, 0.717) is 47.8 Å². The van der Waals surface area contributed by atoms with Crippen LogP contribution in [-0.4, -0.2) is 27.7 Å². The van der Waals surface area contributed by atoms with Gasteiger partial charge in [-0.15, -0.1) is 0 Å². The Kier molecular flexibility index (Phi) is 6.04. The van der Waals surface area contributed by atoms with E-state index >= 15 is 0 Å². The van der Waals surface area contributed by atoms with Crippen LogP contribution in [0.15, 0.2) is 12.2 Å². The first-order chi connectivity index (χ1) is 14.4. The molecular weight excluding hydrogens is 384 g/mol. The number of rotatable bonds is 5. The molecule has 0 unspecified atom stereocenters. The summed E-state index contributed by atoms with van der Waals surface area (Å²) in [5.74, 6) is 3.70. The molecule has 4 saturated carbocycles. The molecule has 9 atom stereocenters. The first-order valence-corrected chi connectivity index (χ1v) is 13.0. The lowest BCUT2D eigenvalue weighted by Crippen LogP contribution is -2.68. The van der Waals surface area contributed by atoms with Gasteiger partial charge < -0.3 is 10.2 Å². The first kappa shape index (κ1) is 23.5. The van der Waals surface area contributed by atoms with Crippen molar-refractivity contribution in [2.24, 2.45) is 46.3 Å². The van der Waals surface area contributed by atoms with Crippen LogP contribution >= 0.6 is 0 Å². The van der Waals surface area contributed by atoms with E-state index in [9.17, 15) is 15.0 Å². The third-order valence-corrected chi connectivity index (χ3v) is 11.2. The zero-order valence-corrected chi connectivity index (χ0v) is 20.6. The zero-order valence-electron chi connectivity index (χ0n) is 20.6. The summed E-state index contributed by atoms with van der Waals surface area (Å²) in [6.45, 7) is 16.0. The van der Waals surface area contributed by atoms with Crippen LogP contribution in [-0.2, 0) is 4.79 Å². The second-order valence-corrected chi connectivity index (χ2v) is 12.7. The maximum atomic E-state index is 12.2. The molecule has 0 amide bonds. The summed E-state index contributed by atoms with van der Waals surface area (Å²) >= 11 is 0. The molecule has 0 heterocycles. The predicted octanol–water partition coefficient (Wildman–Crippen LogP) is 5.93. The quantitative estimate of drug-likeness (QED) is 0.532. The molecule has 0 aromatic rings. The molecule has 3 heteroatoms. The number of hydrogen-bond acceptors (Lipinski definition) is 3. The van der Waals surface area contributed by atoms with E-state index in [2.05, 4.69) is 41.2 Å². The third-order valence-electron chi connectivity index (χ3n) is 11.2. The Morgan fingerprint density at radius 3 is 2.52 bits per heavy atom. The van der Waals surface area contributed by atoms with Gasteiger partial charge in [0, 0.05) is 18.3 Å². The van der Waals surface area contributed by atoms with Crippen LogP contribution in [0.3, 0.4) is 0 Å². The van der Waals surface area contributed by atoms with Crippen LogP contribution in [0.4, 0.5) is 0 Å². The highest BCUT2D eigenvalue weighted by Crippen LogP contribution is 2.69. The van der Waals surface area contributed by atoms with Crippen LogP contribution in [0.2, 0.25) is 0 Å². The van der Waals surface area contributed by atoms with Crippen LogP contribution in [0.5, 0.6) is 0 Å². The normalized spacial score (nSPS) is 48.1. The number of allylic oxidation sites excluding steroid dienone is 1. The van der Waals surface area contributed by atoms with Crippen LogP contribution < -0.4 is 0 Å². The second-order valence-electron chi connectivity index (χ2n) is 12.7. The highest BCUT2D eigenvalue weighted by atomic mass is 16.3. The smallest absolute Gasteiger partial charge is 0.135 e. The Hall–Kier alpha value is -0.670. The fraction of sp³-hybridized carbons (Fsp3) is 0.893. The highest BCUT2D eigenvalue weighted by molar-refractivity contribution is 5.81. The van der Waals surface area contributed by atoms with Crippen molar-refractivity contribution in [1.82, 2.24) is 0 Å². The third kappa shape index (κ3) is 3.48. The number of Topliss-reactive ketones (excluding diaryl/α,β-unsaturated/α-hetero) is 1. The molecule has 0 bridgehead atoms. The molecular formula is C28H46O3. The molecule has 4 aliphatic rings. The minimum absolute atomic E-state index is 0.121. The van der Waals surface area contributed by atoms with Gasteiger partial charge in [-0.05, 0) is 92.3 Å². The molecule has 2 N–H and O–H groups in total. The fourth-order valence-corrected chi connectivity index (χ4v) is 8.95. The van der Waals surface area contributed by atoms with Gasteiger partial charge in [-0.3, -0.25) is 4.79 Å².